The predicted octanol–water partition coefficient (Wildman–Crippen LogP) is 4.03. The van der Waals surface area contributed by atoms with Crippen molar-refractivity contribution in [3.8, 4) is 0 Å². The van der Waals surface area contributed by atoms with Gasteiger partial charge >= 0.3 is 0 Å². The molecule has 0 radical (unpaired) electrons. The summed E-state index contributed by atoms with van der Waals surface area (Å²) in [5.74, 6) is -0.103. The summed E-state index contributed by atoms with van der Waals surface area (Å²) >= 11 is 0. The Labute approximate surface area is 183 Å². The summed E-state index contributed by atoms with van der Waals surface area (Å²) in [5.41, 5.74) is 4.84. The number of fused-ring (bicyclic) bond motifs is 2. The summed E-state index contributed by atoms with van der Waals surface area (Å²) < 4.78 is 27.9. The van der Waals surface area contributed by atoms with Crippen LogP contribution in [0.25, 0.3) is 0 Å². The lowest BCUT2D eigenvalue weighted by atomic mass is 10.0. The third-order valence-corrected chi connectivity index (χ3v) is 8.12. The molecule has 1 amide bonds. The maximum Gasteiger partial charge on any atom is 0.258 e. The molecule has 0 spiro atoms. The third-order valence-electron chi connectivity index (χ3n) is 6.26. The van der Waals surface area contributed by atoms with E-state index in [0.717, 1.165) is 23.2 Å². The average Bonchev–Trinajstić information content (AvgIpc) is 3.14. The van der Waals surface area contributed by atoms with Crippen LogP contribution < -0.4 is 4.90 Å². The van der Waals surface area contributed by atoms with Crippen molar-refractivity contribution in [3.05, 3.63) is 95.1 Å². The Morgan fingerprint density at radius 2 is 1.52 bits per heavy atom. The first-order chi connectivity index (χ1) is 14.9. The number of carbonyl (C=O) groups excluding carboxylic acids is 1. The van der Waals surface area contributed by atoms with Crippen molar-refractivity contribution in [1.29, 1.82) is 0 Å². The van der Waals surface area contributed by atoms with Gasteiger partial charge in [0.05, 0.1) is 4.90 Å². The first kappa shape index (κ1) is 20.0. The second-order valence-electron chi connectivity index (χ2n) is 8.24. The predicted molar refractivity (Wildman–Crippen MR) is 121 cm³/mol. The molecule has 0 N–H and O–H groups in total. The Balaban J connectivity index is 1.38. The monoisotopic (exact) mass is 432 g/mol. The van der Waals surface area contributed by atoms with E-state index in [1.54, 1.807) is 29.2 Å². The van der Waals surface area contributed by atoms with E-state index in [-0.39, 0.29) is 16.8 Å². The van der Waals surface area contributed by atoms with Gasteiger partial charge in [-0.3, -0.25) is 4.79 Å². The van der Waals surface area contributed by atoms with Crippen LogP contribution in [0.15, 0.2) is 77.7 Å². The Morgan fingerprint density at radius 3 is 2.26 bits per heavy atom. The van der Waals surface area contributed by atoms with Crippen molar-refractivity contribution in [1.82, 2.24) is 4.31 Å². The van der Waals surface area contributed by atoms with Gasteiger partial charge in [-0.25, -0.2) is 8.42 Å². The number of carbonyl (C=O) groups is 1. The van der Waals surface area contributed by atoms with E-state index in [9.17, 15) is 13.2 Å². The lowest BCUT2D eigenvalue weighted by Crippen LogP contribution is -2.36. The highest BCUT2D eigenvalue weighted by Gasteiger charge is 2.32. The van der Waals surface area contributed by atoms with Crippen molar-refractivity contribution >= 4 is 21.6 Å². The maximum absolute atomic E-state index is 13.2. The van der Waals surface area contributed by atoms with Gasteiger partial charge in [0, 0.05) is 30.4 Å². The molecule has 0 fully saturated rings. The molecular formula is C25H24N2O3S. The molecule has 0 saturated heterocycles. The fourth-order valence-electron chi connectivity index (χ4n) is 4.61. The van der Waals surface area contributed by atoms with Crippen LogP contribution in [0.4, 0.5) is 5.69 Å². The van der Waals surface area contributed by atoms with Gasteiger partial charge in [-0.05, 0) is 66.8 Å². The molecule has 0 unspecified atom stereocenters. The minimum atomic E-state index is -3.62. The molecule has 3 aromatic carbocycles. The van der Waals surface area contributed by atoms with E-state index in [1.165, 1.54) is 9.87 Å². The summed E-state index contributed by atoms with van der Waals surface area (Å²) in [5, 5.41) is 0. The van der Waals surface area contributed by atoms with E-state index in [2.05, 4.69) is 6.07 Å². The average molecular weight is 433 g/mol. The van der Waals surface area contributed by atoms with Crippen molar-refractivity contribution in [2.45, 2.75) is 37.2 Å². The molecule has 158 valence electrons. The number of anilines is 1. The largest absolute Gasteiger partial charge is 0.305 e. The summed E-state index contributed by atoms with van der Waals surface area (Å²) in [6.45, 7) is 2.87. The Morgan fingerprint density at radius 1 is 0.871 bits per heavy atom. The number of para-hydroxylation sites is 1. The van der Waals surface area contributed by atoms with Crippen LogP contribution in [0.3, 0.4) is 0 Å². The standard InChI is InChI=1S/C25H24N2O3S/c1-18-16-21-7-4-5-9-24(21)27(18)25(28)20-10-12-23(13-11-20)31(29,30)26-15-14-19-6-2-3-8-22(19)17-26/h2-13,18H,14-17H2,1H3/t18-/m0/s1. The van der Waals surface area contributed by atoms with E-state index in [1.807, 2.05) is 49.4 Å². The highest BCUT2D eigenvalue weighted by atomic mass is 32.2. The zero-order valence-corrected chi connectivity index (χ0v) is 18.2. The first-order valence-electron chi connectivity index (χ1n) is 10.5. The van der Waals surface area contributed by atoms with Crippen LogP contribution in [-0.2, 0) is 29.4 Å². The molecule has 6 heteroatoms. The topological polar surface area (TPSA) is 57.7 Å². The van der Waals surface area contributed by atoms with Gasteiger partial charge in [-0.15, -0.1) is 0 Å². The molecule has 31 heavy (non-hydrogen) atoms. The SMILES string of the molecule is C[C@H]1Cc2ccccc2N1C(=O)c1ccc(S(=O)(=O)N2CCc3ccccc3C2)cc1. The number of rotatable bonds is 3. The van der Waals surface area contributed by atoms with Crippen LogP contribution in [0.5, 0.6) is 0 Å². The number of hydrogen-bond acceptors (Lipinski definition) is 3. The van der Waals surface area contributed by atoms with Gasteiger partial charge < -0.3 is 4.90 Å². The lowest BCUT2D eigenvalue weighted by Gasteiger charge is -2.28. The smallest absolute Gasteiger partial charge is 0.258 e. The highest BCUT2D eigenvalue weighted by molar-refractivity contribution is 7.89. The molecule has 5 rings (SSSR count). The summed E-state index contributed by atoms with van der Waals surface area (Å²) in [6, 6.07) is 22.3. The summed E-state index contributed by atoms with van der Waals surface area (Å²) in [6.07, 6.45) is 1.53. The van der Waals surface area contributed by atoms with Crippen molar-refractivity contribution in [3.63, 3.8) is 0 Å². The van der Waals surface area contributed by atoms with Crippen molar-refractivity contribution in [2.24, 2.45) is 0 Å². The van der Waals surface area contributed by atoms with Gasteiger partial charge in [0.2, 0.25) is 10.0 Å². The molecule has 0 aromatic heterocycles. The molecule has 0 bridgehead atoms. The van der Waals surface area contributed by atoms with Gasteiger partial charge in [0.1, 0.15) is 0 Å². The van der Waals surface area contributed by atoms with Gasteiger partial charge in [-0.2, -0.15) is 4.31 Å². The molecule has 3 aromatic rings. The van der Waals surface area contributed by atoms with E-state index in [0.29, 0.717) is 25.1 Å². The summed E-state index contributed by atoms with van der Waals surface area (Å²) in [4.78, 5) is 15.2. The highest BCUT2D eigenvalue weighted by Crippen LogP contribution is 2.33. The minimum Gasteiger partial charge on any atom is -0.305 e. The minimum absolute atomic E-state index is 0.0710. The molecule has 0 aliphatic carbocycles. The number of hydrogen-bond donors (Lipinski definition) is 0. The lowest BCUT2D eigenvalue weighted by molar-refractivity contribution is 0.0981. The van der Waals surface area contributed by atoms with Gasteiger partial charge in [0.25, 0.3) is 5.91 Å². The van der Waals surface area contributed by atoms with Crippen LogP contribution in [0, 0.1) is 0 Å². The second kappa shape index (κ2) is 7.62. The maximum atomic E-state index is 13.2. The summed E-state index contributed by atoms with van der Waals surface area (Å²) in [7, 11) is -3.62. The molecule has 2 heterocycles. The molecule has 2 aliphatic heterocycles. The second-order valence-corrected chi connectivity index (χ2v) is 10.2. The zero-order chi connectivity index (χ0) is 21.6. The van der Waals surface area contributed by atoms with Gasteiger partial charge in [-0.1, -0.05) is 42.5 Å². The molecule has 0 saturated carbocycles. The van der Waals surface area contributed by atoms with E-state index >= 15 is 0 Å². The van der Waals surface area contributed by atoms with Crippen LogP contribution in [0.1, 0.15) is 34.0 Å². The van der Waals surface area contributed by atoms with Crippen molar-refractivity contribution in [2.75, 3.05) is 11.4 Å². The molecular weight excluding hydrogens is 408 g/mol. The zero-order valence-electron chi connectivity index (χ0n) is 17.4. The Kier molecular flexibility index (Phi) is 4.91. The Bertz CT molecular complexity index is 1250. The van der Waals surface area contributed by atoms with Gasteiger partial charge in [0.15, 0.2) is 0 Å². The molecule has 2 aliphatic rings. The number of sulfonamides is 1. The quantitative estimate of drug-likeness (QED) is 0.628. The first-order valence-corrected chi connectivity index (χ1v) is 12.0. The van der Waals surface area contributed by atoms with E-state index < -0.39 is 10.0 Å². The van der Waals surface area contributed by atoms with Crippen molar-refractivity contribution < 1.29 is 13.2 Å². The van der Waals surface area contributed by atoms with Crippen LogP contribution in [-0.4, -0.2) is 31.2 Å². The number of nitrogens with zero attached hydrogens (tertiary/aromatic N) is 2. The van der Waals surface area contributed by atoms with E-state index in [4.69, 9.17) is 0 Å². The Hall–Kier alpha value is -2.96. The number of benzene rings is 3. The molecule has 5 nitrogen and oxygen atoms in total. The molecule has 1 atom stereocenters. The van der Waals surface area contributed by atoms with Crippen LogP contribution in [0.2, 0.25) is 0 Å². The normalized spacial score (nSPS) is 18.5. The fraction of sp³-hybridized carbons (Fsp3) is 0.240. The third kappa shape index (κ3) is 3.46. The number of amides is 1. The van der Waals surface area contributed by atoms with Crippen LogP contribution >= 0.6 is 0 Å². The fourth-order valence-corrected chi connectivity index (χ4v) is 6.03.